The summed E-state index contributed by atoms with van der Waals surface area (Å²) in [5, 5.41) is 0. The Morgan fingerprint density at radius 3 is 2.60 bits per heavy atom. The standard InChI is InChI=1S/C14H17N/c1-3-14-11-15(9-12(14)2)10-13-7-5-4-6-8-13/h3-8H,2,9-11H2,1H3. The molecule has 1 saturated heterocycles. The lowest BCUT2D eigenvalue weighted by Crippen LogP contribution is -2.18. The van der Waals surface area contributed by atoms with E-state index < -0.39 is 0 Å². The van der Waals surface area contributed by atoms with Crippen molar-refractivity contribution >= 4 is 0 Å². The minimum Gasteiger partial charge on any atom is -0.291 e. The van der Waals surface area contributed by atoms with E-state index >= 15 is 0 Å². The molecule has 0 aromatic heterocycles. The summed E-state index contributed by atoms with van der Waals surface area (Å²) < 4.78 is 0. The molecule has 0 aliphatic carbocycles. The fraction of sp³-hybridized carbons (Fsp3) is 0.286. The van der Waals surface area contributed by atoms with Crippen molar-refractivity contribution in [3.05, 3.63) is 59.7 Å². The van der Waals surface area contributed by atoms with Crippen LogP contribution in [-0.2, 0) is 6.54 Å². The monoisotopic (exact) mass is 199 g/mol. The number of likely N-dealkylation sites (tertiary alicyclic amines) is 1. The average molecular weight is 199 g/mol. The van der Waals surface area contributed by atoms with E-state index in [2.05, 4.69) is 54.8 Å². The van der Waals surface area contributed by atoms with Crippen LogP contribution >= 0.6 is 0 Å². The van der Waals surface area contributed by atoms with Gasteiger partial charge in [0.1, 0.15) is 0 Å². The number of allylic oxidation sites excluding steroid dienone is 1. The molecular formula is C14H17N. The van der Waals surface area contributed by atoms with Gasteiger partial charge in [-0.2, -0.15) is 0 Å². The molecule has 78 valence electrons. The van der Waals surface area contributed by atoms with Gasteiger partial charge in [0.2, 0.25) is 0 Å². The van der Waals surface area contributed by atoms with Gasteiger partial charge in [0.25, 0.3) is 0 Å². The Hall–Kier alpha value is -1.34. The highest BCUT2D eigenvalue weighted by Crippen LogP contribution is 2.21. The second-order valence-corrected chi connectivity index (χ2v) is 4.05. The maximum Gasteiger partial charge on any atom is 0.0240 e. The normalized spacial score (nSPS) is 20.1. The molecule has 0 spiro atoms. The third kappa shape index (κ3) is 2.37. The van der Waals surface area contributed by atoms with Crippen molar-refractivity contribution < 1.29 is 0 Å². The van der Waals surface area contributed by atoms with Crippen LogP contribution in [0.25, 0.3) is 0 Å². The van der Waals surface area contributed by atoms with Gasteiger partial charge >= 0.3 is 0 Å². The molecule has 0 saturated carbocycles. The topological polar surface area (TPSA) is 3.24 Å². The zero-order chi connectivity index (χ0) is 10.7. The van der Waals surface area contributed by atoms with Crippen LogP contribution in [0.5, 0.6) is 0 Å². The molecule has 1 fully saturated rings. The minimum absolute atomic E-state index is 1.01. The second kappa shape index (κ2) is 4.45. The van der Waals surface area contributed by atoms with Gasteiger partial charge in [-0.1, -0.05) is 43.0 Å². The van der Waals surface area contributed by atoms with Gasteiger partial charge in [0.15, 0.2) is 0 Å². The number of benzene rings is 1. The summed E-state index contributed by atoms with van der Waals surface area (Å²) in [6.45, 7) is 9.26. The Labute approximate surface area is 91.7 Å². The van der Waals surface area contributed by atoms with Gasteiger partial charge in [-0.25, -0.2) is 0 Å². The molecule has 1 aliphatic rings. The van der Waals surface area contributed by atoms with Crippen LogP contribution in [0.2, 0.25) is 0 Å². The van der Waals surface area contributed by atoms with Gasteiger partial charge < -0.3 is 0 Å². The van der Waals surface area contributed by atoms with E-state index in [0.717, 1.165) is 19.6 Å². The van der Waals surface area contributed by atoms with E-state index in [1.54, 1.807) is 0 Å². The zero-order valence-electron chi connectivity index (χ0n) is 9.24. The third-order valence-electron chi connectivity index (χ3n) is 2.86. The van der Waals surface area contributed by atoms with Crippen LogP contribution in [0.1, 0.15) is 12.5 Å². The SMILES string of the molecule is C=C1CN(Cc2ccccc2)CC1=CC. The summed E-state index contributed by atoms with van der Waals surface area (Å²) in [7, 11) is 0. The fourth-order valence-corrected chi connectivity index (χ4v) is 2.03. The first-order valence-electron chi connectivity index (χ1n) is 5.39. The van der Waals surface area contributed by atoms with Crippen molar-refractivity contribution in [2.24, 2.45) is 0 Å². The zero-order valence-corrected chi connectivity index (χ0v) is 9.24. The summed E-state index contributed by atoms with van der Waals surface area (Å²) in [6, 6.07) is 10.6. The van der Waals surface area contributed by atoms with E-state index in [4.69, 9.17) is 0 Å². The molecule has 1 heterocycles. The predicted molar refractivity (Wildman–Crippen MR) is 64.6 cm³/mol. The Bertz CT molecular complexity index is 376. The number of rotatable bonds is 2. The second-order valence-electron chi connectivity index (χ2n) is 4.05. The van der Waals surface area contributed by atoms with Crippen molar-refractivity contribution in [1.82, 2.24) is 4.90 Å². The minimum atomic E-state index is 1.01. The summed E-state index contributed by atoms with van der Waals surface area (Å²) in [4.78, 5) is 2.42. The van der Waals surface area contributed by atoms with Crippen molar-refractivity contribution in [3.8, 4) is 0 Å². The average Bonchev–Trinajstić information content (AvgIpc) is 2.60. The lowest BCUT2D eigenvalue weighted by atomic mass is 10.2. The van der Waals surface area contributed by atoms with Crippen LogP contribution in [0.3, 0.4) is 0 Å². The lowest BCUT2D eigenvalue weighted by molar-refractivity contribution is 0.347. The summed E-state index contributed by atoms with van der Waals surface area (Å²) >= 11 is 0. The number of nitrogens with zero attached hydrogens (tertiary/aromatic N) is 1. The molecule has 15 heavy (non-hydrogen) atoms. The van der Waals surface area contributed by atoms with Crippen molar-refractivity contribution in [3.63, 3.8) is 0 Å². The molecule has 1 aliphatic heterocycles. The highest BCUT2D eigenvalue weighted by molar-refractivity contribution is 5.35. The van der Waals surface area contributed by atoms with Crippen molar-refractivity contribution in [2.45, 2.75) is 13.5 Å². The molecular weight excluding hydrogens is 182 g/mol. The predicted octanol–water partition coefficient (Wildman–Crippen LogP) is 3.00. The molecule has 0 bridgehead atoms. The van der Waals surface area contributed by atoms with Gasteiger partial charge in [-0.15, -0.1) is 0 Å². The number of hydrogen-bond acceptors (Lipinski definition) is 1. The first kappa shape index (κ1) is 10.2. The molecule has 1 heteroatoms. The molecule has 0 atom stereocenters. The molecule has 0 N–H and O–H groups in total. The first-order chi connectivity index (χ1) is 7.29. The molecule has 0 unspecified atom stereocenters. The quantitative estimate of drug-likeness (QED) is 0.707. The van der Waals surface area contributed by atoms with Crippen LogP contribution in [-0.4, -0.2) is 18.0 Å². The van der Waals surface area contributed by atoms with E-state index in [1.807, 2.05) is 0 Å². The van der Waals surface area contributed by atoms with Gasteiger partial charge in [-0.05, 0) is 23.6 Å². The van der Waals surface area contributed by atoms with E-state index in [-0.39, 0.29) is 0 Å². The van der Waals surface area contributed by atoms with E-state index in [1.165, 1.54) is 16.7 Å². The van der Waals surface area contributed by atoms with Gasteiger partial charge in [0.05, 0.1) is 0 Å². The maximum atomic E-state index is 4.09. The third-order valence-corrected chi connectivity index (χ3v) is 2.86. The smallest absolute Gasteiger partial charge is 0.0240 e. The van der Waals surface area contributed by atoms with Crippen LogP contribution in [0.15, 0.2) is 54.1 Å². The lowest BCUT2D eigenvalue weighted by Gasteiger charge is -2.13. The van der Waals surface area contributed by atoms with Crippen molar-refractivity contribution in [1.29, 1.82) is 0 Å². The summed E-state index contributed by atoms with van der Waals surface area (Å²) in [5.41, 5.74) is 4.04. The fourth-order valence-electron chi connectivity index (χ4n) is 2.03. The molecule has 1 nitrogen and oxygen atoms in total. The Balaban J connectivity index is 2.01. The molecule has 0 radical (unpaired) electrons. The van der Waals surface area contributed by atoms with E-state index in [0.29, 0.717) is 0 Å². The Morgan fingerprint density at radius 2 is 2.00 bits per heavy atom. The Kier molecular flexibility index (Phi) is 3.02. The van der Waals surface area contributed by atoms with Gasteiger partial charge in [0, 0.05) is 19.6 Å². The van der Waals surface area contributed by atoms with Crippen LogP contribution < -0.4 is 0 Å². The van der Waals surface area contributed by atoms with Crippen LogP contribution in [0, 0.1) is 0 Å². The van der Waals surface area contributed by atoms with Gasteiger partial charge in [-0.3, -0.25) is 4.90 Å². The first-order valence-corrected chi connectivity index (χ1v) is 5.39. The highest BCUT2D eigenvalue weighted by atomic mass is 15.1. The molecule has 2 rings (SSSR count). The highest BCUT2D eigenvalue weighted by Gasteiger charge is 2.18. The van der Waals surface area contributed by atoms with Crippen LogP contribution in [0.4, 0.5) is 0 Å². The molecule has 1 aromatic rings. The Morgan fingerprint density at radius 1 is 1.27 bits per heavy atom. The van der Waals surface area contributed by atoms with Crippen molar-refractivity contribution in [2.75, 3.05) is 13.1 Å². The summed E-state index contributed by atoms with van der Waals surface area (Å²) in [5.74, 6) is 0. The summed E-state index contributed by atoms with van der Waals surface area (Å²) in [6.07, 6.45) is 2.17. The largest absolute Gasteiger partial charge is 0.291 e. The van der Waals surface area contributed by atoms with E-state index in [9.17, 15) is 0 Å². The maximum absolute atomic E-state index is 4.09. The molecule has 0 amide bonds. The molecule has 1 aromatic carbocycles. The number of hydrogen-bond donors (Lipinski definition) is 0.